The second kappa shape index (κ2) is 2.70. The fourth-order valence-electron chi connectivity index (χ4n) is 1.14. The van der Waals surface area contributed by atoms with E-state index >= 15 is 0 Å². The van der Waals surface area contributed by atoms with Crippen LogP contribution in [0.25, 0.3) is 0 Å². The number of nitrogens with zero attached hydrogens (tertiary/aromatic N) is 1. The molecule has 0 atom stereocenters. The van der Waals surface area contributed by atoms with Gasteiger partial charge in [0.1, 0.15) is 0 Å². The SMILES string of the molecule is N#C[C@H]1C[C@@H]([CH]C(N)=O)C1. The van der Waals surface area contributed by atoms with E-state index in [0.717, 1.165) is 12.8 Å². The van der Waals surface area contributed by atoms with Crippen molar-refractivity contribution in [3.05, 3.63) is 6.42 Å². The van der Waals surface area contributed by atoms with Crippen LogP contribution in [0, 0.1) is 29.6 Å². The van der Waals surface area contributed by atoms with Gasteiger partial charge in [0.05, 0.1) is 12.5 Å². The molecule has 53 valence electrons. The number of carbonyl (C=O) groups excluding carboxylic acids is 1. The molecule has 0 heterocycles. The number of carbonyl (C=O) groups is 1. The van der Waals surface area contributed by atoms with Crippen molar-refractivity contribution in [1.29, 1.82) is 5.26 Å². The van der Waals surface area contributed by atoms with E-state index in [1.54, 1.807) is 0 Å². The zero-order valence-corrected chi connectivity index (χ0v) is 5.58. The summed E-state index contributed by atoms with van der Waals surface area (Å²) in [6, 6.07) is 2.13. The quantitative estimate of drug-likeness (QED) is 0.591. The number of rotatable bonds is 2. The van der Waals surface area contributed by atoms with E-state index in [4.69, 9.17) is 11.0 Å². The zero-order valence-electron chi connectivity index (χ0n) is 5.58. The van der Waals surface area contributed by atoms with Crippen LogP contribution in [0.1, 0.15) is 12.8 Å². The van der Waals surface area contributed by atoms with Crippen molar-refractivity contribution < 1.29 is 4.79 Å². The molecule has 1 aliphatic carbocycles. The lowest BCUT2D eigenvalue weighted by Gasteiger charge is -2.28. The zero-order chi connectivity index (χ0) is 7.56. The standard InChI is InChI=1S/C7H9N2O/c8-4-6-1-5(2-6)3-7(9)10/h3,5-6H,1-2H2,(H2,9,10)/t5-,6+. The van der Waals surface area contributed by atoms with Gasteiger partial charge >= 0.3 is 0 Å². The Bertz CT molecular complexity index is 177. The second-order valence-corrected chi connectivity index (χ2v) is 2.63. The molecule has 3 heteroatoms. The Morgan fingerprint density at radius 3 is 2.70 bits per heavy atom. The van der Waals surface area contributed by atoms with Gasteiger partial charge in [-0.1, -0.05) is 0 Å². The van der Waals surface area contributed by atoms with Crippen molar-refractivity contribution >= 4 is 5.91 Å². The van der Waals surface area contributed by atoms with Crippen molar-refractivity contribution in [3.8, 4) is 6.07 Å². The van der Waals surface area contributed by atoms with Crippen molar-refractivity contribution in [3.63, 3.8) is 0 Å². The van der Waals surface area contributed by atoms with Gasteiger partial charge in [0.25, 0.3) is 0 Å². The van der Waals surface area contributed by atoms with Gasteiger partial charge in [0.2, 0.25) is 5.91 Å². The molecular weight excluding hydrogens is 128 g/mol. The molecule has 0 bridgehead atoms. The van der Waals surface area contributed by atoms with Gasteiger partial charge in [0, 0.05) is 5.92 Å². The van der Waals surface area contributed by atoms with Gasteiger partial charge in [-0.3, -0.25) is 4.79 Å². The fraction of sp³-hybridized carbons (Fsp3) is 0.571. The largest absolute Gasteiger partial charge is 0.369 e. The summed E-state index contributed by atoms with van der Waals surface area (Å²) in [7, 11) is 0. The molecule has 10 heavy (non-hydrogen) atoms. The predicted molar refractivity (Wildman–Crippen MR) is 35.3 cm³/mol. The van der Waals surface area contributed by atoms with Gasteiger partial charge in [0.15, 0.2) is 0 Å². The maximum atomic E-state index is 10.3. The minimum atomic E-state index is -0.374. The highest BCUT2D eigenvalue weighted by Gasteiger charge is 2.29. The summed E-state index contributed by atoms with van der Waals surface area (Å²) in [6.07, 6.45) is 3.10. The van der Waals surface area contributed by atoms with E-state index in [0.29, 0.717) is 0 Å². The molecule has 0 aromatic carbocycles. The Balaban J connectivity index is 2.16. The van der Waals surface area contributed by atoms with Gasteiger partial charge in [-0.2, -0.15) is 5.26 Å². The average Bonchev–Trinajstić information content (AvgIpc) is 1.76. The molecule has 2 N–H and O–H groups in total. The number of primary amides is 1. The summed E-state index contributed by atoms with van der Waals surface area (Å²) < 4.78 is 0. The maximum absolute atomic E-state index is 10.3. The normalized spacial score (nSPS) is 30.3. The molecule has 1 aliphatic rings. The van der Waals surface area contributed by atoms with Crippen molar-refractivity contribution in [1.82, 2.24) is 0 Å². The third-order valence-electron chi connectivity index (χ3n) is 1.76. The highest BCUT2D eigenvalue weighted by atomic mass is 16.1. The highest BCUT2D eigenvalue weighted by molar-refractivity contribution is 5.83. The van der Waals surface area contributed by atoms with E-state index in [2.05, 4.69) is 6.07 Å². The van der Waals surface area contributed by atoms with E-state index in [-0.39, 0.29) is 17.7 Å². The van der Waals surface area contributed by atoms with Gasteiger partial charge < -0.3 is 5.73 Å². The molecule has 1 radical (unpaired) electrons. The maximum Gasteiger partial charge on any atom is 0.221 e. The minimum absolute atomic E-state index is 0.153. The first kappa shape index (κ1) is 7.07. The summed E-state index contributed by atoms with van der Waals surface area (Å²) in [5.74, 6) is 0.0455. The number of hydrogen-bond acceptors (Lipinski definition) is 2. The number of nitrogens with two attached hydrogens (primary N) is 1. The van der Waals surface area contributed by atoms with Crippen LogP contribution in [0.5, 0.6) is 0 Å². The number of amides is 1. The Hall–Kier alpha value is -1.04. The molecule has 1 rings (SSSR count). The van der Waals surface area contributed by atoms with Crippen LogP contribution < -0.4 is 5.73 Å². The molecule has 0 saturated heterocycles. The third-order valence-corrected chi connectivity index (χ3v) is 1.76. The van der Waals surface area contributed by atoms with Crippen LogP contribution in [0.4, 0.5) is 0 Å². The van der Waals surface area contributed by atoms with Crippen LogP contribution in [-0.2, 0) is 4.79 Å². The van der Waals surface area contributed by atoms with Crippen LogP contribution >= 0.6 is 0 Å². The van der Waals surface area contributed by atoms with Crippen LogP contribution in [-0.4, -0.2) is 5.91 Å². The molecule has 1 saturated carbocycles. The number of hydrogen-bond donors (Lipinski definition) is 1. The molecule has 0 spiro atoms. The molecule has 3 nitrogen and oxygen atoms in total. The molecule has 0 aromatic rings. The van der Waals surface area contributed by atoms with Crippen LogP contribution in [0.15, 0.2) is 0 Å². The molecular formula is C7H9N2O. The van der Waals surface area contributed by atoms with E-state index in [1.165, 1.54) is 6.42 Å². The van der Waals surface area contributed by atoms with Gasteiger partial charge in [-0.15, -0.1) is 0 Å². The first-order chi connectivity index (χ1) is 4.72. The first-order valence-corrected chi connectivity index (χ1v) is 3.26. The first-order valence-electron chi connectivity index (χ1n) is 3.26. The monoisotopic (exact) mass is 137 g/mol. The lowest BCUT2D eigenvalue weighted by Crippen LogP contribution is -2.28. The van der Waals surface area contributed by atoms with E-state index in [1.807, 2.05) is 0 Å². The minimum Gasteiger partial charge on any atom is -0.369 e. The van der Waals surface area contributed by atoms with E-state index < -0.39 is 0 Å². The smallest absolute Gasteiger partial charge is 0.221 e. The lowest BCUT2D eigenvalue weighted by molar-refractivity contribution is -0.115. The molecule has 1 fully saturated rings. The summed E-state index contributed by atoms with van der Waals surface area (Å²) in [5.41, 5.74) is 4.91. The van der Waals surface area contributed by atoms with Crippen LogP contribution in [0.2, 0.25) is 0 Å². The molecule has 0 aromatic heterocycles. The Labute approximate surface area is 59.8 Å². The Morgan fingerprint density at radius 2 is 2.30 bits per heavy atom. The van der Waals surface area contributed by atoms with Crippen LogP contribution in [0.3, 0.4) is 0 Å². The van der Waals surface area contributed by atoms with Crippen molar-refractivity contribution in [2.24, 2.45) is 17.6 Å². The molecule has 1 amide bonds. The third kappa shape index (κ3) is 1.47. The van der Waals surface area contributed by atoms with Gasteiger partial charge in [-0.25, -0.2) is 0 Å². The van der Waals surface area contributed by atoms with Crippen molar-refractivity contribution in [2.45, 2.75) is 12.8 Å². The molecule has 0 aliphatic heterocycles. The highest BCUT2D eigenvalue weighted by Crippen LogP contribution is 2.34. The Kier molecular flexibility index (Phi) is 1.91. The topological polar surface area (TPSA) is 66.9 Å². The summed E-state index contributed by atoms with van der Waals surface area (Å²) in [5, 5.41) is 8.36. The Morgan fingerprint density at radius 1 is 1.70 bits per heavy atom. The van der Waals surface area contributed by atoms with E-state index in [9.17, 15) is 4.79 Å². The summed E-state index contributed by atoms with van der Waals surface area (Å²) >= 11 is 0. The predicted octanol–water partition coefficient (Wildman–Crippen LogP) is 0.226. The fourth-order valence-corrected chi connectivity index (χ4v) is 1.14. The van der Waals surface area contributed by atoms with Crippen molar-refractivity contribution in [2.75, 3.05) is 0 Å². The average molecular weight is 137 g/mol. The summed E-state index contributed by atoms with van der Waals surface area (Å²) in [6.45, 7) is 0. The summed E-state index contributed by atoms with van der Waals surface area (Å²) in [4.78, 5) is 10.3. The second-order valence-electron chi connectivity index (χ2n) is 2.63. The lowest BCUT2D eigenvalue weighted by atomic mass is 9.74. The molecule has 0 unspecified atom stereocenters. The number of nitriles is 1. The van der Waals surface area contributed by atoms with Gasteiger partial charge in [-0.05, 0) is 18.8 Å².